The maximum Gasteiger partial charge on any atom is 0.109 e. The first-order valence-corrected chi connectivity index (χ1v) is 6.91. The second kappa shape index (κ2) is 6.60. The molecule has 1 aliphatic heterocycles. The van der Waals surface area contributed by atoms with Crippen LogP contribution in [0.5, 0.6) is 0 Å². The number of rotatable bonds is 6. The molecule has 1 atom stereocenters. The SMILES string of the molecule is CCCNC(Cc1ccc(C)cc1)C1=CCCO1. The molecule has 0 amide bonds. The molecule has 1 N–H and O–H groups in total. The monoisotopic (exact) mass is 245 g/mol. The zero-order valence-electron chi connectivity index (χ0n) is 11.4. The van der Waals surface area contributed by atoms with E-state index in [0.29, 0.717) is 6.04 Å². The molecule has 0 saturated heterocycles. The number of nitrogens with one attached hydrogen (secondary N) is 1. The molecule has 0 aliphatic carbocycles. The van der Waals surface area contributed by atoms with Crippen molar-refractivity contribution < 1.29 is 4.74 Å². The van der Waals surface area contributed by atoms with Crippen LogP contribution in [0, 0.1) is 6.92 Å². The summed E-state index contributed by atoms with van der Waals surface area (Å²) in [5.74, 6) is 1.13. The van der Waals surface area contributed by atoms with Gasteiger partial charge in [-0.15, -0.1) is 0 Å². The summed E-state index contributed by atoms with van der Waals surface area (Å²) in [4.78, 5) is 0. The zero-order valence-corrected chi connectivity index (χ0v) is 11.4. The lowest BCUT2D eigenvalue weighted by atomic mass is 10.0. The highest BCUT2D eigenvalue weighted by Gasteiger charge is 2.18. The van der Waals surface area contributed by atoms with E-state index in [-0.39, 0.29) is 0 Å². The fraction of sp³-hybridized carbons (Fsp3) is 0.500. The molecule has 2 heteroatoms. The van der Waals surface area contributed by atoms with E-state index in [2.05, 4.69) is 49.5 Å². The largest absolute Gasteiger partial charge is 0.496 e. The van der Waals surface area contributed by atoms with Gasteiger partial charge in [0.25, 0.3) is 0 Å². The second-order valence-electron chi connectivity index (χ2n) is 4.94. The van der Waals surface area contributed by atoms with Crippen molar-refractivity contribution in [3.8, 4) is 0 Å². The van der Waals surface area contributed by atoms with Crippen molar-refractivity contribution in [3.05, 3.63) is 47.2 Å². The van der Waals surface area contributed by atoms with Crippen molar-refractivity contribution in [1.82, 2.24) is 5.32 Å². The first-order chi connectivity index (χ1) is 8.79. The lowest BCUT2D eigenvalue weighted by Gasteiger charge is -2.19. The molecule has 1 heterocycles. The molecule has 1 aliphatic rings. The maximum atomic E-state index is 5.71. The molecule has 0 fully saturated rings. The van der Waals surface area contributed by atoms with E-state index in [0.717, 1.165) is 38.2 Å². The molecule has 18 heavy (non-hydrogen) atoms. The fourth-order valence-corrected chi connectivity index (χ4v) is 2.23. The molecule has 1 aromatic carbocycles. The first-order valence-electron chi connectivity index (χ1n) is 6.91. The van der Waals surface area contributed by atoms with Gasteiger partial charge in [-0.1, -0.05) is 36.8 Å². The average molecular weight is 245 g/mol. The zero-order chi connectivity index (χ0) is 12.8. The van der Waals surface area contributed by atoms with Crippen LogP contribution in [0.3, 0.4) is 0 Å². The average Bonchev–Trinajstić information content (AvgIpc) is 2.90. The Hall–Kier alpha value is -1.28. The number of ether oxygens (including phenoxy) is 1. The van der Waals surface area contributed by atoms with Crippen LogP contribution in [0.1, 0.15) is 30.9 Å². The van der Waals surface area contributed by atoms with Gasteiger partial charge in [0, 0.05) is 6.42 Å². The van der Waals surface area contributed by atoms with E-state index >= 15 is 0 Å². The van der Waals surface area contributed by atoms with Gasteiger partial charge in [0.2, 0.25) is 0 Å². The van der Waals surface area contributed by atoms with Crippen LogP contribution in [0.4, 0.5) is 0 Å². The molecular formula is C16H23NO. The smallest absolute Gasteiger partial charge is 0.109 e. The third-order valence-corrected chi connectivity index (χ3v) is 3.28. The first kappa shape index (κ1) is 13.2. The quantitative estimate of drug-likeness (QED) is 0.831. The maximum absolute atomic E-state index is 5.71. The summed E-state index contributed by atoms with van der Waals surface area (Å²) in [6.07, 6.45) is 5.43. The topological polar surface area (TPSA) is 21.3 Å². The Morgan fingerprint density at radius 2 is 2.06 bits per heavy atom. The fourth-order valence-electron chi connectivity index (χ4n) is 2.23. The normalized spacial score (nSPS) is 16.2. The Bertz CT molecular complexity index is 394. The van der Waals surface area contributed by atoms with Gasteiger partial charge in [0.05, 0.1) is 12.6 Å². The van der Waals surface area contributed by atoms with Crippen LogP contribution in [0.15, 0.2) is 36.1 Å². The van der Waals surface area contributed by atoms with Crippen molar-refractivity contribution in [3.63, 3.8) is 0 Å². The van der Waals surface area contributed by atoms with Crippen LogP contribution >= 0.6 is 0 Å². The molecule has 2 rings (SSSR count). The highest BCUT2D eigenvalue weighted by Crippen LogP contribution is 2.17. The van der Waals surface area contributed by atoms with Gasteiger partial charge in [-0.05, 0) is 37.9 Å². The molecule has 0 spiro atoms. The Labute approximate surface area is 110 Å². The summed E-state index contributed by atoms with van der Waals surface area (Å²) in [5, 5.41) is 3.58. The third kappa shape index (κ3) is 3.61. The molecule has 0 saturated carbocycles. The molecule has 2 nitrogen and oxygen atoms in total. The van der Waals surface area contributed by atoms with Crippen molar-refractivity contribution >= 4 is 0 Å². The molecule has 0 aromatic heterocycles. The Morgan fingerprint density at radius 1 is 1.28 bits per heavy atom. The lowest BCUT2D eigenvalue weighted by Crippen LogP contribution is -2.33. The van der Waals surface area contributed by atoms with Gasteiger partial charge >= 0.3 is 0 Å². The summed E-state index contributed by atoms with van der Waals surface area (Å²) in [6, 6.07) is 9.11. The highest BCUT2D eigenvalue weighted by molar-refractivity contribution is 5.24. The Balaban J connectivity index is 2.01. The minimum absolute atomic E-state index is 0.329. The van der Waals surface area contributed by atoms with E-state index in [1.807, 2.05) is 0 Å². The van der Waals surface area contributed by atoms with Gasteiger partial charge in [0.1, 0.15) is 5.76 Å². The second-order valence-corrected chi connectivity index (χ2v) is 4.94. The predicted molar refractivity (Wildman–Crippen MR) is 75.6 cm³/mol. The summed E-state index contributed by atoms with van der Waals surface area (Å²) in [5.41, 5.74) is 2.68. The van der Waals surface area contributed by atoms with E-state index in [1.54, 1.807) is 0 Å². The molecule has 1 aromatic rings. The van der Waals surface area contributed by atoms with Gasteiger partial charge in [-0.2, -0.15) is 0 Å². The number of hydrogen-bond donors (Lipinski definition) is 1. The lowest BCUT2D eigenvalue weighted by molar-refractivity contribution is 0.214. The molecule has 98 valence electrons. The van der Waals surface area contributed by atoms with Crippen LogP contribution < -0.4 is 5.32 Å². The summed E-state index contributed by atoms with van der Waals surface area (Å²) in [7, 11) is 0. The van der Waals surface area contributed by atoms with Crippen molar-refractivity contribution in [2.75, 3.05) is 13.2 Å². The summed E-state index contributed by atoms with van der Waals surface area (Å²) in [6.45, 7) is 6.20. The van der Waals surface area contributed by atoms with E-state index in [4.69, 9.17) is 4.74 Å². The van der Waals surface area contributed by atoms with Gasteiger partial charge < -0.3 is 10.1 Å². The Morgan fingerprint density at radius 3 is 2.67 bits per heavy atom. The Kier molecular flexibility index (Phi) is 4.82. The number of aryl methyl sites for hydroxylation is 1. The minimum Gasteiger partial charge on any atom is -0.496 e. The standard InChI is InChI=1S/C16H23NO/c1-3-10-17-15(16-5-4-11-18-16)12-14-8-6-13(2)7-9-14/h5-9,15,17H,3-4,10-12H2,1-2H3. The van der Waals surface area contributed by atoms with Crippen molar-refractivity contribution in [2.24, 2.45) is 0 Å². The van der Waals surface area contributed by atoms with Crippen molar-refractivity contribution in [1.29, 1.82) is 0 Å². The number of benzene rings is 1. The summed E-state index contributed by atoms with van der Waals surface area (Å²) < 4.78 is 5.71. The van der Waals surface area contributed by atoms with Gasteiger partial charge in [-0.25, -0.2) is 0 Å². The van der Waals surface area contributed by atoms with E-state index in [9.17, 15) is 0 Å². The molecule has 1 unspecified atom stereocenters. The third-order valence-electron chi connectivity index (χ3n) is 3.28. The van der Waals surface area contributed by atoms with Crippen LogP contribution in [-0.2, 0) is 11.2 Å². The number of hydrogen-bond acceptors (Lipinski definition) is 2. The van der Waals surface area contributed by atoms with Gasteiger partial charge in [-0.3, -0.25) is 0 Å². The highest BCUT2D eigenvalue weighted by atomic mass is 16.5. The van der Waals surface area contributed by atoms with Crippen LogP contribution in [-0.4, -0.2) is 19.2 Å². The van der Waals surface area contributed by atoms with E-state index in [1.165, 1.54) is 11.1 Å². The summed E-state index contributed by atoms with van der Waals surface area (Å²) >= 11 is 0. The predicted octanol–water partition coefficient (Wildman–Crippen LogP) is 3.21. The van der Waals surface area contributed by atoms with Crippen LogP contribution in [0.2, 0.25) is 0 Å². The molecule has 0 bridgehead atoms. The van der Waals surface area contributed by atoms with E-state index < -0.39 is 0 Å². The molecular weight excluding hydrogens is 222 g/mol. The van der Waals surface area contributed by atoms with Gasteiger partial charge in [0.15, 0.2) is 0 Å². The van der Waals surface area contributed by atoms with Crippen LogP contribution in [0.25, 0.3) is 0 Å². The molecule has 0 radical (unpaired) electrons. The minimum atomic E-state index is 0.329. The van der Waals surface area contributed by atoms with Crippen molar-refractivity contribution in [2.45, 2.75) is 39.2 Å².